The number of nitrogens with zero attached hydrogens (tertiary/aromatic N) is 1. The van der Waals surface area contributed by atoms with Gasteiger partial charge in [0.25, 0.3) is 0 Å². The van der Waals surface area contributed by atoms with E-state index < -0.39 is 17.5 Å². The number of rotatable bonds is 2. The number of halogens is 3. The van der Waals surface area contributed by atoms with E-state index >= 15 is 0 Å². The Morgan fingerprint density at radius 3 is 2.27 bits per heavy atom. The molecule has 0 aromatic heterocycles. The minimum absolute atomic E-state index is 0.0655. The number of hydrogen-bond donors (Lipinski definition) is 2. The Hall–Kier alpha value is -1.56. The van der Waals surface area contributed by atoms with Gasteiger partial charge in [-0.05, 0) is 19.1 Å². The number of benzene rings is 1. The first kappa shape index (κ1) is 11.5. The first-order chi connectivity index (χ1) is 7.10. The molecule has 0 saturated carbocycles. The normalized spacial score (nSPS) is 11.7. The zero-order valence-electron chi connectivity index (χ0n) is 8.02. The van der Waals surface area contributed by atoms with Crippen molar-refractivity contribution in [3.63, 3.8) is 0 Å². The quantitative estimate of drug-likeness (QED) is 0.258. The van der Waals surface area contributed by atoms with Crippen molar-refractivity contribution in [1.82, 2.24) is 5.43 Å². The lowest BCUT2D eigenvalue weighted by atomic mass is 10.2. The summed E-state index contributed by atoms with van der Waals surface area (Å²) >= 11 is 0. The van der Waals surface area contributed by atoms with Crippen molar-refractivity contribution in [3.05, 3.63) is 35.1 Å². The summed E-state index contributed by atoms with van der Waals surface area (Å²) in [6, 6.07) is 1.65. The van der Waals surface area contributed by atoms with Crippen LogP contribution in [0.5, 0.6) is 0 Å². The summed E-state index contributed by atoms with van der Waals surface area (Å²) in [5.74, 6) is 1.16. The molecule has 0 spiro atoms. The van der Waals surface area contributed by atoms with Crippen molar-refractivity contribution < 1.29 is 13.2 Å². The van der Waals surface area contributed by atoms with E-state index in [9.17, 15) is 13.2 Å². The fourth-order valence-electron chi connectivity index (χ4n) is 1.07. The molecule has 0 fully saturated rings. The van der Waals surface area contributed by atoms with Crippen LogP contribution in [-0.4, -0.2) is 12.4 Å². The lowest BCUT2D eigenvalue weighted by Gasteiger charge is -2.06. The molecule has 0 amide bonds. The summed E-state index contributed by atoms with van der Waals surface area (Å²) in [7, 11) is 0. The molecule has 1 rings (SSSR count). The van der Waals surface area contributed by atoms with Crippen molar-refractivity contribution in [2.45, 2.75) is 6.92 Å². The van der Waals surface area contributed by atoms with Gasteiger partial charge < -0.3 is 5.43 Å². The van der Waals surface area contributed by atoms with Crippen molar-refractivity contribution >= 4 is 5.84 Å². The Morgan fingerprint density at radius 2 is 1.87 bits per heavy atom. The van der Waals surface area contributed by atoms with Gasteiger partial charge in [0.2, 0.25) is 0 Å². The van der Waals surface area contributed by atoms with E-state index in [4.69, 9.17) is 5.84 Å². The highest BCUT2D eigenvalue weighted by molar-refractivity contribution is 5.98. The third-order valence-corrected chi connectivity index (χ3v) is 1.71. The predicted molar refractivity (Wildman–Crippen MR) is 50.7 cm³/mol. The van der Waals surface area contributed by atoms with Crippen LogP contribution >= 0.6 is 0 Å². The van der Waals surface area contributed by atoms with Crippen LogP contribution in [0.15, 0.2) is 17.1 Å². The molecule has 3 N–H and O–H groups in total. The molecule has 0 radical (unpaired) electrons. The van der Waals surface area contributed by atoms with Crippen molar-refractivity contribution in [3.8, 4) is 0 Å². The van der Waals surface area contributed by atoms with E-state index in [1.807, 2.05) is 0 Å². The highest BCUT2D eigenvalue weighted by Gasteiger charge is 2.12. The molecule has 3 nitrogen and oxygen atoms in total. The van der Waals surface area contributed by atoms with Crippen LogP contribution in [-0.2, 0) is 0 Å². The molecule has 0 aliphatic rings. The Bertz CT molecular complexity index is 367. The Morgan fingerprint density at radius 1 is 1.33 bits per heavy atom. The molecule has 15 heavy (non-hydrogen) atoms. The summed E-state index contributed by atoms with van der Waals surface area (Å²) in [5.41, 5.74) is 2.25. The van der Waals surface area contributed by atoms with E-state index in [0.29, 0.717) is 6.54 Å². The van der Waals surface area contributed by atoms with Gasteiger partial charge in [-0.15, -0.1) is 0 Å². The molecule has 0 heterocycles. The third-order valence-electron chi connectivity index (χ3n) is 1.71. The molecule has 1 aromatic carbocycles. The minimum atomic E-state index is -1.51. The van der Waals surface area contributed by atoms with Crippen LogP contribution in [0.4, 0.5) is 13.2 Å². The maximum absolute atomic E-state index is 12.8. The minimum Gasteiger partial charge on any atom is -0.308 e. The van der Waals surface area contributed by atoms with Crippen LogP contribution in [0.1, 0.15) is 12.5 Å². The SMILES string of the molecule is CCN=C(NN)c1cc(F)c(F)c(F)c1. The number of hydrazine groups is 1. The van der Waals surface area contributed by atoms with Gasteiger partial charge in [-0.1, -0.05) is 0 Å². The van der Waals surface area contributed by atoms with Gasteiger partial charge in [0, 0.05) is 12.1 Å². The second-order valence-electron chi connectivity index (χ2n) is 2.72. The Labute approximate surface area is 84.8 Å². The molecular formula is C9H10F3N3. The standard InChI is InChI=1S/C9H10F3N3/c1-2-14-9(15-13)5-3-6(10)8(12)7(11)4-5/h3-4H,2,13H2,1H3,(H,14,15). The lowest BCUT2D eigenvalue weighted by Crippen LogP contribution is -2.31. The zero-order valence-corrected chi connectivity index (χ0v) is 8.02. The summed E-state index contributed by atoms with van der Waals surface area (Å²) in [4.78, 5) is 3.85. The van der Waals surface area contributed by atoms with Crippen molar-refractivity contribution in [2.75, 3.05) is 6.54 Å². The zero-order chi connectivity index (χ0) is 11.4. The smallest absolute Gasteiger partial charge is 0.194 e. The summed E-state index contributed by atoms with van der Waals surface area (Å²) in [6.07, 6.45) is 0. The molecule has 0 aliphatic carbocycles. The first-order valence-electron chi connectivity index (χ1n) is 4.26. The molecule has 0 aliphatic heterocycles. The average Bonchev–Trinajstić information content (AvgIpc) is 2.22. The molecule has 82 valence electrons. The molecule has 1 aromatic rings. The highest BCUT2D eigenvalue weighted by atomic mass is 19.2. The van der Waals surface area contributed by atoms with Crippen LogP contribution in [0.2, 0.25) is 0 Å². The number of hydrogen-bond acceptors (Lipinski definition) is 2. The summed E-state index contributed by atoms with van der Waals surface area (Å²) < 4.78 is 38.3. The van der Waals surface area contributed by atoms with E-state index in [-0.39, 0.29) is 11.4 Å². The van der Waals surface area contributed by atoms with E-state index in [2.05, 4.69) is 10.4 Å². The highest BCUT2D eigenvalue weighted by Crippen LogP contribution is 2.13. The van der Waals surface area contributed by atoms with Gasteiger partial charge in [-0.3, -0.25) is 4.99 Å². The second kappa shape index (κ2) is 4.79. The first-order valence-corrected chi connectivity index (χ1v) is 4.26. The maximum Gasteiger partial charge on any atom is 0.194 e. The molecule has 0 atom stereocenters. The second-order valence-corrected chi connectivity index (χ2v) is 2.72. The summed E-state index contributed by atoms with van der Waals surface area (Å²) in [5, 5.41) is 0. The number of nitrogens with two attached hydrogens (primary N) is 1. The maximum atomic E-state index is 12.8. The van der Waals surface area contributed by atoms with E-state index in [0.717, 1.165) is 12.1 Å². The Kier molecular flexibility index (Phi) is 3.68. The summed E-state index contributed by atoms with van der Waals surface area (Å²) in [6.45, 7) is 2.12. The van der Waals surface area contributed by atoms with Gasteiger partial charge in [0.15, 0.2) is 17.5 Å². The molecule has 6 heteroatoms. The Balaban J connectivity index is 3.21. The van der Waals surface area contributed by atoms with Gasteiger partial charge >= 0.3 is 0 Å². The number of amidine groups is 1. The lowest BCUT2D eigenvalue weighted by molar-refractivity contribution is 0.446. The number of nitrogens with one attached hydrogen (secondary N) is 1. The largest absolute Gasteiger partial charge is 0.308 e. The van der Waals surface area contributed by atoms with Crippen molar-refractivity contribution in [2.24, 2.45) is 10.8 Å². The molecule has 0 bridgehead atoms. The average molecular weight is 217 g/mol. The third kappa shape index (κ3) is 2.47. The fourth-order valence-corrected chi connectivity index (χ4v) is 1.07. The van der Waals surface area contributed by atoms with Gasteiger partial charge in [-0.25, -0.2) is 19.0 Å². The van der Waals surface area contributed by atoms with Gasteiger partial charge in [-0.2, -0.15) is 0 Å². The van der Waals surface area contributed by atoms with Crippen LogP contribution in [0.3, 0.4) is 0 Å². The van der Waals surface area contributed by atoms with Crippen LogP contribution in [0.25, 0.3) is 0 Å². The number of aliphatic imine (C=N–C) groups is 1. The molecule has 0 saturated heterocycles. The van der Waals surface area contributed by atoms with Crippen LogP contribution < -0.4 is 11.3 Å². The van der Waals surface area contributed by atoms with Crippen LogP contribution in [0, 0.1) is 17.5 Å². The molecular weight excluding hydrogens is 207 g/mol. The van der Waals surface area contributed by atoms with Gasteiger partial charge in [0.05, 0.1) is 0 Å². The molecule has 0 unspecified atom stereocenters. The van der Waals surface area contributed by atoms with E-state index in [1.54, 1.807) is 6.92 Å². The van der Waals surface area contributed by atoms with E-state index in [1.165, 1.54) is 0 Å². The monoisotopic (exact) mass is 217 g/mol. The fraction of sp³-hybridized carbons (Fsp3) is 0.222. The predicted octanol–water partition coefficient (Wildman–Crippen LogP) is 1.33. The topological polar surface area (TPSA) is 50.4 Å². The van der Waals surface area contributed by atoms with Crippen molar-refractivity contribution in [1.29, 1.82) is 0 Å². The van der Waals surface area contributed by atoms with Gasteiger partial charge in [0.1, 0.15) is 5.84 Å².